The number of nitrogens with one attached hydrogen (secondary N) is 4. The van der Waals surface area contributed by atoms with Crippen molar-refractivity contribution in [3.05, 3.63) is 35.4 Å². The molecule has 0 saturated carbocycles. The van der Waals surface area contributed by atoms with E-state index in [4.69, 9.17) is 0 Å². The fourth-order valence-corrected chi connectivity index (χ4v) is 1.35. The van der Waals surface area contributed by atoms with Gasteiger partial charge in [-0.05, 0) is 24.3 Å². The number of amides is 4. The first-order chi connectivity index (χ1) is 10.5. The van der Waals surface area contributed by atoms with Crippen LogP contribution in [-0.4, -0.2) is 23.6 Å². The molecular formula is C14H18N4O4. The molecule has 0 spiro atoms. The molecule has 0 fully saturated rings. The molecule has 0 unspecified atom stereocenters. The zero-order valence-electron chi connectivity index (χ0n) is 12.4. The second kappa shape index (κ2) is 8.40. The van der Waals surface area contributed by atoms with E-state index in [1.165, 1.54) is 24.3 Å². The first-order valence-corrected chi connectivity index (χ1v) is 6.76. The first kappa shape index (κ1) is 17.2. The average Bonchev–Trinajstić information content (AvgIpc) is 2.56. The molecule has 0 aliphatic rings. The van der Waals surface area contributed by atoms with Crippen LogP contribution in [0.4, 0.5) is 0 Å². The van der Waals surface area contributed by atoms with E-state index < -0.39 is 11.8 Å². The highest BCUT2D eigenvalue weighted by atomic mass is 16.2. The Labute approximate surface area is 127 Å². The Hall–Kier alpha value is -2.90. The summed E-state index contributed by atoms with van der Waals surface area (Å²) in [4.78, 5) is 45.5. The maximum atomic E-state index is 11.7. The van der Waals surface area contributed by atoms with Crippen molar-refractivity contribution in [1.29, 1.82) is 0 Å². The molecule has 8 heteroatoms. The summed E-state index contributed by atoms with van der Waals surface area (Å²) in [6.07, 6.45) is 0.506. The molecule has 1 rings (SSSR count). The molecule has 118 valence electrons. The van der Waals surface area contributed by atoms with Crippen molar-refractivity contribution in [2.45, 2.75) is 26.7 Å². The van der Waals surface area contributed by atoms with Crippen molar-refractivity contribution in [3.63, 3.8) is 0 Å². The van der Waals surface area contributed by atoms with Crippen molar-refractivity contribution in [2.24, 2.45) is 0 Å². The fraction of sp³-hybridized carbons (Fsp3) is 0.286. The molecule has 1 aromatic rings. The minimum Gasteiger partial charge on any atom is -0.273 e. The minimum absolute atomic E-state index is 0.253. The van der Waals surface area contributed by atoms with Crippen LogP contribution in [0.2, 0.25) is 0 Å². The molecule has 4 N–H and O–H groups in total. The third-order valence-corrected chi connectivity index (χ3v) is 2.68. The number of benzene rings is 1. The number of hydrogen-bond acceptors (Lipinski definition) is 4. The molecule has 0 atom stereocenters. The summed E-state index contributed by atoms with van der Waals surface area (Å²) in [5.41, 5.74) is 9.55. The second-order valence-corrected chi connectivity index (χ2v) is 4.29. The molecule has 0 heterocycles. The molecule has 1 aromatic carbocycles. The Kier molecular flexibility index (Phi) is 6.55. The highest BCUT2D eigenvalue weighted by Crippen LogP contribution is 2.04. The van der Waals surface area contributed by atoms with Crippen molar-refractivity contribution in [2.75, 3.05) is 0 Å². The van der Waals surface area contributed by atoms with Crippen molar-refractivity contribution < 1.29 is 19.2 Å². The molecule has 0 aliphatic heterocycles. The first-order valence-electron chi connectivity index (χ1n) is 6.76. The summed E-state index contributed by atoms with van der Waals surface area (Å²) in [5, 5.41) is 0. The van der Waals surface area contributed by atoms with Gasteiger partial charge in [0.05, 0.1) is 0 Å². The van der Waals surface area contributed by atoms with Gasteiger partial charge >= 0.3 is 0 Å². The second-order valence-electron chi connectivity index (χ2n) is 4.29. The maximum Gasteiger partial charge on any atom is 0.269 e. The Bertz CT molecular complexity index is 518. The van der Waals surface area contributed by atoms with Gasteiger partial charge in [0, 0.05) is 24.0 Å². The van der Waals surface area contributed by atoms with Gasteiger partial charge in [-0.15, -0.1) is 0 Å². The summed E-state index contributed by atoms with van der Waals surface area (Å²) in [7, 11) is 0. The maximum absolute atomic E-state index is 11.7. The molecule has 0 bridgehead atoms. The number of rotatable bonds is 4. The predicted molar refractivity (Wildman–Crippen MR) is 78.2 cm³/mol. The van der Waals surface area contributed by atoms with Gasteiger partial charge in [-0.2, -0.15) is 0 Å². The summed E-state index contributed by atoms with van der Waals surface area (Å²) >= 11 is 0. The molecule has 0 saturated heterocycles. The Morgan fingerprint density at radius 3 is 1.27 bits per heavy atom. The normalized spacial score (nSPS) is 9.55. The molecule has 0 aliphatic carbocycles. The fourth-order valence-electron chi connectivity index (χ4n) is 1.35. The van der Waals surface area contributed by atoms with Crippen molar-refractivity contribution in [3.8, 4) is 0 Å². The van der Waals surface area contributed by atoms with Crippen LogP contribution in [0.25, 0.3) is 0 Å². The monoisotopic (exact) mass is 306 g/mol. The van der Waals surface area contributed by atoms with Gasteiger partial charge in [-0.1, -0.05) is 13.8 Å². The van der Waals surface area contributed by atoms with Crippen LogP contribution in [0.1, 0.15) is 47.4 Å². The van der Waals surface area contributed by atoms with Crippen LogP contribution in [0, 0.1) is 0 Å². The SMILES string of the molecule is CCC(=O)NNC(=O)c1ccc(C(=O)NNC(=O)CC)cc1. The van der Waals surface area contributed by atoms with Crippen LogP contribution in [0.15, 0.2) is 24.3 Å². The third-order valence-electron chi connectivity index (χ3n) is 2.68. The number of hydrazine groups is 2. The highest BCUT2D eigenvalue weighted by Gasteiger charge is 2.10. The van der Waals surface area contributed by atoms with E-state index in [9.17, 15) is 19.2 Å². The summed E-state index contributed by atoms with van der Waals surface area (Å²) in [6.45, 7) is 3.32. The van der Waals surface area contributed by atoms with E-state index in [1.807, 2.05) is 0 Å². The smallest absolute Gasteiger partial charge is 0.269 e. The lowest BCUT2D eigenvalue weighted by Gasteiger charge is -2.08. The topological polar surface area (TPSA) is 116 Å². The summed E-state index contributed by atoms with van der Waals surface area (Å²) < 4.78 is 0. The molecule has 22 heavy (non-hydrogen) atoms. The summed E-state index contributed by atoms with van der Waals surface area (Å²) in [5.74, 6) is -1.60. The third kappa shape index (κ3) is 5.23. The quantitative estimate of drug-likeness (QED) is 0.587. The van der Waals surface area contributed by atoms with Crippen LogP contribution in [0.3, 0.4) is 0 Å². The van der Waals surface area contributed by atoms with E-state index in [0.29, 0.717) is 0 Å². The lowest BCUT2D eigenvalue weighted by atomic mass is 10.1. The van der Waals surface area contributed by atoms with Crippen LogP contribution >= 0.6 is 0 Å². The van der Waals surface area contributed by atoms with E-state index in [-0.39, 0.29) is 35.8 Å². The number of hydrogen-bond donors (Lipinski definition) is 4. The van der Waals surface area contributed by atoms with Crippen LogP contribution < -0.4 is 21.7 Å². The Morgan fingerprint density at radius 1 is 0.682 bits per heavy atom. The standard InChI is InChI=1S/C14H18N4O4/c1-3-11(19)15-17-13(21)9-5-7-10(8-6-9)14(22)18-16-12(20)4-2/h5-8H,3-4H2,1-2H3,(H,15,19)(H,16,20)(H,17,21)(H,18,22). The van der Waals surface area contributed by atoms with E-state index >= 15 is 0 Å². The van der Waals surface area contributed by atoms with Gasteiger partial charge in [-0.3, -0.25) is 40.9 Å². The van der Waals surface area contributed by atoms with Gasteiger partial charge in [0.25, 0.3) is 11.8 Å². The van der Waals surface area contributed by atoms with E-state index in [0.717, 1.165) is 0 Å². The molecule has 0 aromatic heterocycles. The number of carbonyl (C=O) groups is 4. The number of carbonyl (C=O) groups excluding carboxylic acids is 4. The van der Waals surface area contributed by atoms with Crippen LogP contribution in [-0.2, 0) is 9.59 Å². The lowest BCUT2D eigenvalue weighted by Crippen LogP contribution is -2.41. The molecule has 0 radical (unpaired) electrons. The average molecular weight is 306 g/mol. The summed E-state index contributed by atoms with van der Waals surface area (Å²) in [6, 6.07) is 5.74. The van der Waals surface area contributed by atoms with Gasteiger partial charge < -0.3 is 0 Å². The minimum atomic E-state index is -0.493. The van der Waals surface area contributed by atoms with E-state index in [1.54, 1.807) is 13.8 Å². The van der Waals surface area contributed by atoms with Crippen molar-refractivity contribution in [1.82, 2.24) is 21.7 Å². The lowest BCUT2D eigenvalue weighted by molar-refractivity contribution is -0.122. The zero-order chi connectivity index (χ0) is 16.5. The van der Waals surface area contributed by atoms with Crippen LogP contribution in [0.5, 0.6) is 0 Å². The van der Waals surface area contributed by atoms with Gasteiger partial charge in [0.2, 0.25) is 11.8 Å². The Balaban J connectivity index is 2.58. The van der Waals surface area contributed by atoms with Gasteiger partial charge in [0.1, 0.15) is 0 Å². The van der Waals surface area contributed by atoms with Crippen molar-refractivity contribution >= 4 is 23.6 Å². The highest BCUT2D eigenvalue weighted by molar-refractivity contribution is 5.98. The molecule has 8 nitrogen and oxygen atoms in total. The van der Waals surface area contributed by atoms with Gasteiger partial charge in [0.15, 0.2) is 0 Å². The van der Waals surface area contributed by atoms with Gasteiger partial charge in [-0.25, -0.2) is 0 Å². The Morgan fingerprint density at radius 2 is 1.00 bits per heavy atom. The molecule has 4 amide bonds. The largest absolute Gasteiger partial charge is 0.273 e. The zero-order valence-corrected chi connectivity index (χ0v) is 12.4. The van der Waals surface area contributed by atoms with E-state index in [2.05, 4.69) is 21.7 Å². The predicted octanol–water partition coefficient (Wildman–Crippen LogP) is 0.0286. The molecular weight excluding hydrogens is 288 g/mol.